The normalized spacial score (nSPS) is 23.1. The van der Waals surface area contributed by atoms with Gasteiger partial charge in [-0.05, 0) is 49.8 Å². The van der Waals surface area contributed by atoms with Crippen LogP contribution in [0.2, 0.25) is 0 Å². The molecule has 2 heteroatoms. The van der Waals surface area contributed by atoms with E-state index in [-0.39, 0.29) is 0 Å². The minimum atomic E-state index is 0.697. The van der Waals surface area contributed by atoms with E-state index in [1.165, 1.54) is 30.2 Å². The maximum absolute atomic E-state index is 4.60. The van der Waals surface area contributed by atoms with Crippen molar-refractivity contribution in [2.24, 2.45) is 5.92 Å². The molecule has 100 valence electrons. The first kappa shape index (κ1) is 12.6. The molecule has 1 aromatic heterocycles. The van der Waals surface area contributed by atoms with Crippen LogP contribution in [0.15, 0.2) is 30.3 Å². The molecule has 1 aliphatic carbocycles. The molecule has 0 amide bonds. The second kappa shape index (κ2) is 5.30. The van der Waals surface area contributed by atoms with Gasteiger partial charge in [-0.1, -0.05) is 25.1 Å². The predicted molar refractivity (Wildman–Crippen MR) is 80.1 cm³/mol. The zero-order chi connectivity index (χ0) is 13.2. The van der Waals surface area contributed by atoms with Crippen LogP contribution < -0.4 is 5.32 Å². The third-order valence-electron chi connectivity index (χ3n) is 4.21. The molecule has 1 N–H and O–H groups in total. The van der Waals surface area contributed by atoms with Crippen LogP contribution in [0.4, 0.5) is 0 Å². The largest absolute Gasteiger partial charge is 0.310 e. The van der Waals surface area contributed by atoms with Gasteiger partial charge in [-0.25, -0.2) is 0 Å². The molecule has 2 atom stereocenters. The van der Waals surface area contributed by atoms with E-state index in [9.17, 15) is 0 Å². The number of pyridine rings is 1. The first-order valence-corrected chi connectivity index (χ1v) is 7.31. The fourth-order valence-electron chi connectivity index (χ4n) is 3.19. The van der Waals surface area contributed by atoms with Crippen molar-refractivity contribution in [3.05, 3.63) is 41.6 Å². The average Bonchev–Trinajstić information content (AvgIpc) is 2.81. The molecule has 1 heterocycles. The highest BCUT2D eigenvalue weighted by molar-refractivity contribution is 5.82. The maximum atomic E-state index is 4.60. The topological polar surface area (TPSA) is 24.9 Å². The molecule has 2 nitrogen and oxygen atoms in total. The molecule has 2 aromatic rings. The number of nitrogens with one attached hydrogen (secondary N) is 1. The molecule has 0 spiro atoms. The van der Waals surface area contributed by atoms with E-state index in [1.807, 2.05) is 0 Å². The maximum Gasteiger partial charge on any atom is 0.0708 e. The Morgan fingerprint density at radius 3 is 2.89 bits per heavy atom. The van der Waals surface area contributed by atoms with Crippen LogP contribution in [0, 0.1) is 12.8 Å². The highest BCUT2D eigenvalue weighted by Gasteiger charge is 2.20. The number of hydrogen-bond acceptors (Lipinski definition) is 2. The summed E-state index contributed by atoms with van der Waals surface area (Å²) < 4.78 is 0. The summed E-state index contributed by atoms with van der Waals surface area (Å²) in [5, 5.41) is 5.00. The molecule has 3 rings (SSSR count). The second-order valence-electron chi connectivity index (χ2n) is 5.94. The van der Waals surface area contributed by atoms with Crippen LogP contribution in [-0.2, 0) is 6.54 Å². The van der Waals surface area contributed by atoms with Gasteiger partial charge in [-0.3, -0.25) is 4.98 Å². The van der Waals surface area contributed by atoms with E-state index >= 15 is 0 Å². The summed E-state index contributed by atoms with van der Waals surface area (Å²) in [6, 6.07) is 11.3. The first-order chi connectivity index (χ1) is 9.22. The van der Waals surface area contributed by atoms with Gasteiger partial charge >= 0.3 is 0 Å². The van der Waals surface area contributed by atoms with E-state index in [0.29, 0.717) is 6.04 Å². The van der Waals surface area contributed by atoms with Gasteiger partial charge in [0.05, 0.1) is 5.52 Å². The Bertz CT molecular complexity index is 576. The summed E-state index contributed by atoms with van der Waals surface area (Å²) in [6.45, 7) is 5.39. The van der Waals surface area contributed by atoms with Gasteiger partial charge in [0, 0.05) is 23.7 Å². The molecular formula is C17H22N2. The lowest BCUT2D eigenvalue weighted by atomic mass is 10.1. The van der Waals surface area contributed by atoms with Gasteiger partial charge in [-0.2, -0.15) is 0 Å². The Labute approximate surface area is 115 Å². The molecule has 1 saturated carbocycles. The van der Waals surface area contributed by atoms with Gasteiger partial charge in [0.2, 0.25) is 0 Å². The second-order valence-corrected chi connectivity index (χ2v) is 5.94. The Morgan fingerprint density at radius 1 is 1.26 bits per heavy atom. The number of aryl methyl sites for hydroxylation is 1. The Balaban J connectivity index is 1.80. The third-order valence-corrected chi connectivity index (χ3v) is 4.21. The summed E-state index contributed by atoms with van der Waals surface area (Å²) in [5.74, 6) is 0.883. The fraction of sp³-hybridized carbons (Fsp3) is 0.471. The molecule has 0 radical (unpaired) electrons. The van der Waals surface area contributed by atoms with E-state index in [2.05, 4.69) is 54.5 Å². The number of fused-ring (bicyclic) bond motifs is 1. The minimum absolute atomic E-state index is 0.697. The van der Waals surface area contributed by atoms with E-state index in [4.69, 9.17) is 0 Å². The van der Waals surface area contributed by atoms with Gasteiger partial charge in [0.15, 0.2) is 0 Å². The van der Waals surface area contributed by atoms with Crippen LogP contribution in [0.3, 0.4) is 0 Å². The average molecular weight is 254 g/mol. The molecule has 0 saturated heterocycles. The summed E-state index contributed by atoms with van der Waals surface area (Å²) >= 11 is 0. The molecule has 19 heavy (non-hydrogen) atoms. The third kappa shape index (κ3) is 2.79. The molecule has 2 unspecified atom stereocenters. The number of aromatic nitrogens is 1. The number of hydrogen-bond donors (Lipinski definition) is 1. The number of nitrogens with zero attached hydrogens (tertiary/aromatic N) is 1. The number of rotatable bonds is 3. The zero-order valence-electron chi connectivity index (χ0n) is 11.8. The van der Waals surface area contributed by atoms with E-state index in [0.717, 1.165) is 23.7 Å². The van der Waals surface area contributed by atoms with Crippen LogP contribution in [0.5, 0.6) is 0 Å². The summed E-state index contributed by atoms with van der Waals surface area (Å²) in [4.78, 5) is 4.60. The smallest absolute Gasteiger partial charge is 0.0708 e. The Kier molecular flexibility index (Phi) is 3.52. The van der Waals surface area contributed by atoms with Crippen molar-refractivity contribution in [3.63, 3.8) is 0 Å². The lowest BCUT2D eigenvalue weighted by Gasteiger charge is -2.14. The molecule has 0 bridgehead atoms. The van der Waals surface area contributed by atoms with Crippen molar-refractivity contribution in [2.45, 2.75) is 45.7 Å². The van der Waals surface area contributed by atoms with Crippen LogP contribution in [-0.4, -0.2) is 11.0 Å². The summed E-state index contributed by atoms with van der Waals surface area (Å²) in [5.41, 5.74) is 3.59. The summed E-state index contributed by atoms with van der Waals surface area (Å²) in [7, 11) is 0. The van der Waals surface area contributed by atoms with Gasteiger partial charge in [-0.15, -0.1) is 0 Å². The van der Waals surface area contributed by atoms with Crippen LogP contribution >= 0.6 is 0 Å². The Hall–Kier alpha value is -1.41. The Morgan fingerprint density at radius 2 is 2.11 bits per heavy atom. The molecule has 0 aliphatic heterocycles. The fourth-order valence-corrected chi connectivity index (χ4v) is 3.19. The van der Waals surface area contributed by atoms with Crippen LogP contribution in [0.1, 0.15) is 37.4 Å². The number of para-hydroxylation sites is 1. The highest BCUT2D eigenvalue weighted by atomic mass is 14.9. The molecule has 1 aromatic carbocycles. The monoisotopic (exact) mass is 254 g/mol. The van der Waals surface area contributed by atoms with Crippen molar-refractivity contribution in [3.8, 4) is 0 Å². The van der Waals surface area contributed by atoms with E-state index in [1.54, 1.807) is 0 Å². The minimum Gasteiger partial charge on any atom is -0.310 e. The van der Waals surface area contributed by atoms with Gasteiger partial charge in [0.25, 0.3) is 0 Å². The van der Waals surface area contributed by atoms with E-state index < -0.39 is 0 Å². The van der Waals surface area contributed by atoms with Gasteiger partial charge < -0.3 is 5.32 Å². The van der Waals surface area contributed by atoms with Crippen molar-refractivity contribution < 1.29 is 0 Å². The van der Waals surface area contributed by atoms with Crippen molar-refractivity contribution in [1.29, 1.82) is 0 Å². The predicted octanol–water partition coefficient (Wildman–Crippen LogP) is 3.82. The molecule has 1 aliphatic rings. The van der Waals surface area contributed by atoms with Gasteiger partial charge in [0.1, 0.15) is 0 Å². The quantitative estimate of drug-likeness (QED) is 0.900. The van der Waals surface area contributed by atoms with Crippen molar-refractivity contribution in [2.75, 3.05) is 0 Å². The zero-order valence-corrected chi connectivity index (χ0v) is 11.8. The standard InChI is InChI=1S/C17H22N2/c1-12-7-8-15(9-12)18-11-14-10-13(2)19-17-6-4-3-5-16(14)17/h3-6,10,12,15,18H,7-9,11H2,1-2H3. The highest BCUT2D eigenvalue weighted by Crippen LogP contribution is 2.25. The lowest BCUT2D eigenvalue weighted by Crippen LogP contribution is -2.25. The summed E-state index contributed by atoms with van der Waals surface area (Å²) in [6.07, 6.45) is 4.01. The lowest BCUT2D eigenvalue weighted by molar-refractivity contribution is 0.503. The van der Waals surface area contributed by atoms with Crippen LogP contribution in [0.25, 0.3) is 10.9 Å². The SMILES string of the molecule is Cc1cc(CNC2CCC(C)C2)c2ccccc2n1. The molecule has 1 fully saturated rings. The number of benzene rings is 1. The van der Waals surface area contributed by atoms with Crippen molar-refractivity contribution in [1.82, 2.24) is 10.3 Å². The first-order valence-electron chi connectivity index (χ1n) is 7.31. The molecular weight excluding hydrogens is 232 g/mol. The van der Waals surface area contributed by atoms with Crippen molar-refractivity contribution >= 4 is 10.9 Å².